The number of rotatable bonds is 5. The van der Waals surface area contributed by atoms with Gasteiger partial charge >= 0.3 is 5.69 Å². The number of benzene rings is 1. The van der Waals surface area contributed by atoms with Crippen LogP contribution in [0.4, 0.5) is 5.95 Å². The zero-order chi connectivity index (χ0) is 20.6. The van der Waals surface area contributed by atoms with Crippen molar-refractivity contribution in [2.24, 2.45) is 19.2 Å². The molecule has 0 saturated carbocycles. The van der Waals surface area contributed by atoms with E-state index in [1.807, 2.05) is 32.0 Å². The van der Waals surface area contributed by atoms with E-state index in [2.05, 4.69) is 31.4 Å². The first-order chi connectivity index (χ1) is 13.3. The van der Waals surface area contributed by atoms with Gasteiger partial charge in [-0.05, 0) is 32.0 Å². The fourth-order valence-electron chi connectivity index (χ4n) is 2.96. The average molecular weight is 449 g/mol. The predicted molar refractivity (Wildman–Crippen MR) is 113 cm³/mol. The first-order valence-corrected chi connectivity index (χ1v) is 9.36. The molecule has 3 aromatic rings. The van der Waals surface area contributed by atoms with Crippen LogP contribution in [0.2, 0.25) is 0 Å². The number of fused-ring (bicyclic) bond motifs is 1. The Morgan fingerprint density at radius 1 is 1.25 bits per heavy atom. The number of nitrogens with zero attached hydrogens (tertiary/aromatic N) is 5. The van der Waals surface area contributed by atoms with Crippen molar-refractivity contribution in [3.05, 3.63) is 49.1 Å². The van der Waals surface area contributed by atoms with Gasteiger partial charge in [0.2, 0.25) is 5.95 Å². The Morgan fingerprint density at radius 2 is 1.96 bits per heavy atom. The average Bonchev–Trinajstić information content (AvgIpc) is 3.05. The van der Waals surface area contributed by atoms with Gasteiger partial charge in [0.15, 0.2) is 11.2 Å². The number of ether oxygens (including phenoxy) is 1. The Morgan fingerprint density at radius 3 is 2.61 bits per heavy atom. The first kappa shape index (κ1) is 19.9. The molecule has 1 aromatic carbocycles. The van der Waals surface area contributed by atoms with Crippen molar-refractivity contribution in [2.75, 3.05) is 12.5 Å². The summed E-state index contributed by atoms with van der Waals surface area (Å²) in [7, 11) is 4.62. The molecule has 0 fully saturated rings. The van der Waals surface area contributed by atoms with Crippen molar-refractivity contribution in [1.82, 2.24) is 18.7 Å². The van der Waals surface area contributed by atoms with E-state index in [0.717, 1.165) is 14.6 Å². The maximum absolute atomic E-state index is 12.7. The summed E-state index contributed by atoms with van der Waals surface area (Å²) in [5.41, 5.74) is 3.47. The summed E-state index contributed by atoms with van der Waals surface area (Å²) in [6, 6.07) is 5.50. The SMILES string of the molecule is COc1ccc(Br)cc1/C=N\Nc1nc2c(c(=O)n(C)c(=O)n2C)n1C(C)C. The van der Waals surface area contributed by atoms with Crippen LogP contribution in [0.25, 0.3) is 11.2 Å². The van der Waals surface area contributed by atoms with Crippen molar-refractivity contribution < 1.29 is 4.74 Å². The highest BCUT2D eigenvalue weighted by molar-refractivity contribution is 9.10. The third-order valence-electron chi connectivity index (χ3n) is 4.37. The highest BCUT2D eigenvalue weighted by atomic mass is 79.9. The van der Waals surface area contributed by atoms with Crippen molar-refractivity contribution in [3.8, 4) is 5.75 Å². The van der Waals surface area contributed by atoms with Gasteiger partial charge in [-0.25, -0.2) is 10.2 Å². The molecule has 0 aliphatic carbocycles. The zero-order valence-electron chi connectivity index (χ0n) is 16.2. The second-order valence-corrected chi connectivity index (χ2v) is 7.45. The van der Waals surface area contributed by atoms with Gasteiger partial charge in [-0.3, -0.25) is 13.9 Å². The molecule has 0 aliphatic rings. The van der Waals surface area contributed by atoms with Crippen LogP contribution in [0.3, 0.4) is 0 Å². The van der Waals surface area contributed by atoms with Gasteiger partial charge in [-0.2, -0.15) is 10.1 Å². The number of aryl methyl sites for hydroxylation is 1. The lowest BCUT2D eigenvalue weighted by atomic mass is 10.2. The lowest BCUT2D eigenvalue weighted by Gasteiger charge is -2.12. The van der Waals surface area contributed by atoms with Gasteiger partial charge in [0.05, 0.1) is 13.3 Å². The molecular weight excluding hydrogens is 428 g/mol. The molecule has 0 bridgehead atoms. The van der Waals surface area contributed by atoms with Crippen molar-refractivity contribution >= 4 is 39.3 Å². The second kappa shape index (κ2) is 7.63. The highest BCUT2D eigenvalue weighted by Gasteiger charge is 2.20. The van der Waals surface area contributed by atoms with Gasteiger partial charge in [0, 0.05) is 30.2 Å². The molecule has 2 heterocycles. The molecule has 2 aromatic heterocycles. The number of aromatic nitrogens is 4. The molecule has 0 spiro atoms. The summed E-state index contributed by atoms with van der Waals surface area (Å²) in [6.45, 7) is 3.86. The Balaban J connectivity index is 2.09. The standard InChI is InChI=1S/C18H21BrN6O3/c1-10(2)25-14-15(23(3)18(27)24(4)16(14)26)21-17(25)22-20-9-11-8-12(19)6-7-13(11)28-5/h6-10H,1-5H3,(H,21,22)/b20-9-. The minimum absolute atomic E-state index is 0.0756. The van der Waals surface area contributed by atoms with E-state index in [9.17, 15) is 9.59 Å². The summed E-state index contributed by atoms with van der Waals surface area (Å²) in [6.07, 6.45) is 1.60. The number of methoxy groups -OCH3 is 1. The molecule has 0 unspecified atom stereocenters. The summed E-state index contributed by atoms with van der Waals surface area (Å²) >= 11 is 3.42. The van der Waals surface area contributed by atoms with Crippen LogP contribution < -0.4 is 21.4 Å². The molecule has 3 rings (SSSR count). The number of hydrogen-bond donors (Lipinski definition) is 1. The molecule has 148 valence electrons. The third-order valence-corrected chi connectivity index (χ3v) is 4.86. The van der Waals surface area contributed by atoms with Gasteiger partial charge in [-0.15, -0.1) is 0 Å². The molecule has 0 saturated heterocycles. The normalized spacial score (nSPS) is 11.7. The summed E-state index contributed by atoms with van der Waals surface area (Å²) < 4.78 is 10.4. The maximum Gasteiger partial charge on any atom is 0.332 e. The minimum Gasteiger partial charge on any atom is -0.496 e. The lowest BCUT2D eigenvalue weighted by Crippen LogP contribution is -2.37. The molecule has 1 N–H and O–H groups in total. The number of nitrogens with one attached hydrogen (secondary N) is 1. The van der Waals surface area contributed by atoms with E-state index in [0.29, 0.717) is 22.9 Å². The van der Waals surface area contributed by atoms with E-state index < -0.39 is 11.2 Å². The monoisotopic (exact) mass is 448 g/mol. The summed E-state index contributed by atoms with van der Waals surface area (Å²) in [5.74, 6) is 1.04. The Hall–Kier alpha value is -2.88. The van der Waals surface area contributed by atoms with E-state index in [4.69, 9.17) is 4.74 Å². The van der Waals surface area contributed by atoms with Gasteiger partial charge in [0.25, 0.3) is 5.56 Å². The van der Waals surface area contributed by atoms with Crippen LogP contribution in [0.1, 0.15) is 25.5 Å². The fourth-order valence-corrected chi connectivity index (χ4v) is 3.34. The Kier molecular flexibility index (Phi) is 5.41. The third kappa shape index (κ3) is 3.35. The molecule has 28 heavy (non-hydrogen) atoms. The van der Waals surface area contributed by atoms with Gasteiger partial charge < -0.3 is 9.30 Å². The highest BCUT2D eigenvalue weighted by Crippen LogP contribution is 2.23. The second-order valence-electron chi connectivity index (χ2n) is 6.53. The number of hydrazone groups is 1. The maximum atomic E-state index is 12.7. The van der Waals surface area contributed by atoms with Gasteiger partial charge in [-0.1, -0.05) is 15.9 Å². The van der Waals surface area contributed by atoms with E-state index in [1.54, 1.807) is 24.9 Å². The predicted octanol–water partition coefficient (Wildman–Crippen LogP) is 2.23. The van der Waals surface area contributed by atoms with E-state index >= 15 is 0 Å². The Bertz CT molecular complexity index is 1190. The molecular formula is C18H21BrN6O3. The lowest BCUT2D eigenvalue weighted by molar-refractivity contribution is 0.414. The molecule has 0 aliphatic heterocycles. The molecule has 0 atom stereocenters. The largest absolute Gasteiger partial charge is 0.496 e. The van der Waals surface area contributed by atoms with E-state index in [1.165, 1.54) is 11.6 Å². The van der Waals surface area contributed by atoms with Crippen LogP contribution in [-0.4, -0.2) is 32.0 Å². The molecule has 0 radical (unpaired) electrons. The molecule has 9 nitrogen and oxygen atoms in total. The van der Waals surface area contributed by atoms with Crippen LogP contribution in [-0.2, 0) is 14.1 Å². The first-order valence-electron chi connectivity index (χ1n) is 8.56. The van der Waals surface area contributed by atoms with Crippen LogP contribution >= 0.6 is 15.9 Å². The number of hydrogen-bond acceptors (Lipinski definition) is 6. The summed E-state index contributed by atoms with van der Waals surface area (Å²) in [4.78, 5) is 29.3. The minimum atomic E-state index is -0.431. The Labute approximate surface area is 169 Å². The summed E-state index contributed by atoms with van der Waals surface area (Å²) in [5, 5.41) is 4.25. The van der Waals surface area contributed by atoms with Crippen LogP contribution in [0.15, 0.2) is 37.4 Å². The molecule has 10 heteroatoms. The van der Waals surface area contributed by atoms with Crippen LogP contribution in [0.5, 0.6) is 5.75 Å². The van der Waals surface area contributed by atoms with Crippen molar-refractivity contribution in [1.29, 1.82) is 0 Å². The van der Waals surface area contributed by atoms with E-state index in [-0.39, 0.29) is 6.04 Å². The van der Waals surface area contributed by atoms with Gasteiger partial charge in [0.1, 0.15) is 5.75 Å². The smallest absolute Gasteiger partial charge is 0.332 e. The van der Waals surface area contributed by atoms with Crippen molar-refractivity contribution in [2.45, 2.75) is 19.9 Å². The fraction of sp³-hybridized carbons (Fsp3) is 0.333. The molecule has 0 amide bonds. The quantitative estimate of drug-likeness (QED) is 0.476. The number of halogens is 1. The number of anilines is 1. The van der Waals surface area contributed by atoms with Crippen LogP contribution in [0, 0.1) is 0 Å². The van der Waals surface area contributed by atoms with Crippen molar-refractivity contribution in [3.63, 3.8) is 0 Å². The topological polar surface area (TPSA) is 95.4 Å². The number of imidazole rings is 1. The zero-order valence-corrected chi connectivity index (χ0v) is 17.8.